The second-order valence-corrected chi connectivity index (χ2v) is 4.94. The van der Waals surface area contributed by atoms with Gasteiger partial charge in [-0.2, -0.15) is 13.2 Å². The van der Waals surface area contributed by atoms with Gasteiger partial charge in [0.1, 0.15) is 10.8 Å². The van der Waals surface area contributed by atoms with Crippen LogP contribution < -0.4 is 0 Å². The lowest BCUT2D eigenvalue weighted by atomic mass is 10.2. The van der Waals surface area contributed by atoms with Crippen molar-refractivity contribution in [3.05, 3.63) is 53.5 Å². The Kier molecular flexibility index (Phi) is 4.17. The highest BCUT2D eigenvalue weighted by Crippen LogP contribution is 2.38. The van der Waals surface area contributed by atoms with E-state index in [0.717, 1.165) is 36.5 Å². The topological polar surface area (TPSA) is 50.2 Å². The molecule has 0 aliphatic rings. The van der Waals surface area contributed by atoms with E-state index in [2.05, 4.69) is 4.98 Å². The second-order valence-electron chi connectivity index (χ2n) is 3.91. The van der Waals surface area contributed by atoms with Gasteiger partial charge >= 0.3 is 12.1 Å². The molecule has 2 aromatic rings. The number of hydrogen-bond donors (Lipinski definition) is 1. The summed E-state index contributed by atoms with van der Waals surface area (Å²) in [6.45, 7) is 0. The Morgan fingerprint density at radius 1 is 1.24 bits per heavy atom. The van der Waals surface area contributed by atoms with Crippen LogP contribution in [-0.2, 0) is 6.18 Å². The van der Waals surface area contributed by atoms with Crippen LogP contribution in [0, 0.1) is 5.82 Å². The first kappa shape index (κ1) is 15.3. The number of aromatic carboxylic acids is 1. The third kappa shape index (κ3) is 3.52. The SMILES string of the molecule is O=C(O)c1ccc(F)c(Sc2ncccc2C(F)(F)F)c1. The van der Waals surface area contributed by atoms with Crippen molar-refractivity contribution in [3.8, 4) is 0 Å². The molecule has 1 heterocycles. The fourth-order valence-electron chi connectivity index (χ4n) is 1.51. The smallest absolute Gasteiger partial charge is 0.419 e. The predicted octanol–water partition coefficient (Wildman–Crippen LogP) is 4.09. The van der Waals surface area contributed by atoms with Crippen molar-refractivity contribution in [2.24, 2.45) is 0 Å². The molecule has 0 fully saturated rings. The number of carboxylic acid groups (broad SMARTS) is 1. The number of benzene rings is 1. The molecule has 0 saturated heterocycles. The quantitative estimate of drug-likeness (QED) is 0.866. The fourth-order valence-corrected chi connectivity index (χ4v) is 2.47. The zero-order valence-electron chi connectivity index (χ0n) is 10.2. The van der Waals surface area contributed by atoms with Crippen molar-refractivity contribution in [3.63, 3.8) is 0 Å². The minimum atomic E-state index is -4.63. The van der Waals surface area contributed by atoms with Gasteiger partial charge in [0, 0.05) is 6.20 Å². The van der Waals surface area contributed by atoms with Gasteiger partial charge in [0.25, 0.3) is 0 Å². The van der Waals surface area contributed by atoms with E-state index >= 15 is 0 Å². The van der Waals surface area contributed by atoms with E-state index in [1.807, 2.05) is 0 Å². The summed E-state index contributed by atoms with van der Waals surface area (Å²) < 4.78 is 52.1. The van der Waals surface area contributed by atoms with Crippen molar-refractivity contribution in [1.82, 2.24) is 4.98 Å². The standard InChI is InChI=1S/C13H7F4NO2S/c14-9-4-3-7(12(19)20)6-10(9)21-11-8(13(15,16)17)2-1-5-18-11/h1-6H,(H,19,20). The molecule has 1 N–H and O–H groups in total. The molecule has 0 radical (unpaired) electrons. The summed E-state index contributed by atoms with van der Waals surface area (Å²) >= 11 is 0.430. The Labute approximate surface area is 120 Å². The first-order valence-electron chi connectivity index (χ1n) is 5.52. The summed E-state index contributed by atoms with van der Waals surface area (Å²) in [6.07, 6.45) is -3.48. The number of carboxylic acids is 1. The lowest BCUT2D eigenvalue weighted by Crippen LogP contribution is -2.07. The van der Waals surface area contributed by atoms with Gasteiger partial charge in [-0.15, -0.1) is 0 Å². The number of pyridine rings is 1. The van der Waals surface area contributed by atoms with Crippen molar-refractivity contribution >= 4 is 17.7 Å². The molecule has 0 amide bonds. The molecule has 0 saturated carbocycles. The van der Waals surface area contributed by atoms with Crippen LogP contribution in [0.4, 0.5) is 17.6 Å². The van der Waals surface area contributed by atoms with Crippen LogP contribution in [0.25, 0.3) is 0 Å². The number of aromatic nitrogens is 1. The summed E-state index contributed by atoms with van der Waals surface area (Å²) in [5.74, 6) is -2.11. The predicted molar refractivity (Wildman–Crippen MR) is 66.7 cm³/mol. The van der Waals surface area contributed by atoms with Crippen molar-refractivity contribution < 1.29 is 27.5 Å². The van der Waals surface area contributed by atoms with Crippen molar-refractivity contribution in [2.45, 2.75) is 16.1 Å². The number of halogens is 4. The van der Waals surface area contributed by atoms with Gasteiger partial charge in [0.15, 0.2) is 0 Å². The average molecular weight is 317 g/mol. The van der Waals surface area contributed by atoms with E-state index in [1.165, 1.54) is 0 Å². The molecule has 0 unspecified atom stereocenters. The lowest BCUT2D eigenvalue weighted by Gasteiger charge is -2.11. The molecule has 0 bridgehead atoms. The highest BCUT2D eigenvalue weighted by molar-refractivity contribution is 7.99. The molecule has 0 aliphatic carbocycles. The number of carbonyl (C=O) groups is 1. The largest absolute Gasteiger partial charge is 0.478 e. The Balaban J connectivity index is 2.44. The Bertz CT molecular complexity index is 688. The van der Waals surface area contributed by atoms with Crippen LogP contribution in [0.1, 0.15) is 15.9 Å². The van der Waals surface area contributed by atoms with Crippen LogP contribution in [0.15, 0.2) is 46.5 Å². The number of alkyl halides is 3. The molecule has 3 nitrogen and oxygen atoms in total. The molecule has 0 atom stereocenters. The molecular formula is C13H7F4NO2S. The number of hydrogen-bond acceptors (Lipinski definition) is 3. The van der Waals surface area contributed by atoms with Gasteiger partial charge < -0.3 is 5.11 Å². The van der Waals surface area contributed by atoms with Crippen LogP contribution in [-0.4, -0.2) is 16.1 Å². The van der Waals surface area contributed by atoms with E-state index < -0.39 is 28.6 Å². The highest BCUT2D eigenvalue weighted by Gasteiger charge is 2.34. The maximum Gasteiger partial charge on any atom is 0.419 e. The molecule has 1 aromatic heterocycles. The molecular weight excluding hydrogens is 310 g/mol. The van der Waals surface area contributed by atoms with Gasteiger partial charge in [-0.05, 0) is 30.3 Å². The van der Waals surface area contributed by atoms with E-state index in [4.69, 9.17) is 5.11 Å². The van der Waals surface area contributed by atoms with Gasteiger partial charge in [0.2, 0.25) is 0 Å². The first-order chi connectivity index (χ1) is 9.79. The highest BCUT2D eigenvalue weighted by atomic mass is 32.2. The molecule has 1 aromatic carbocycles. The fraction of sp³-hybridized carbons (Fsp3) is 0.0769. The second kappa shape index (κ2) is 5.72. The van der Waals surface area contributed by atoms with Gasteiger partial charge in [-0.3, -0.25) is 0 Å². The molecule has 8 heteroatoms. The number of rotatable bonds is 3. The van der Waals surface area contributed by atoms with Gasteiger partial charge in [-0.1, -0.05) is 11.8 Å². The third-order valence-corrected chi connectivity index (χ3v) is 3.51. The zero-order valence-corrected chi connectivity index (χ0v) is 11.0. The molecule has 110 valence electrons. The minimum Gasteiger partial charge on any atom is -0.478 e. The van der Waals surface area contributed by atoms with E-state index in [1.54, 1.807) is 0 Å². The maximum absolute atomic E-state index is 13.6. The van der Waals surface area contributed by atoms with E-state index in [0.29, 0.717) is 11.8 Å². The van der Waals surface area contributed by atoms with Crippen molar-refractivity contribution in [2.75, 3.05) is 0 Å². The first-order valence-corrected chi connectivity index (χ1v) is 6.33. The maximum atomic E-state index is 13.6. The summed E-state index contributed by atoms with van der Waals surface area (Å²) in [4.78, 5) is 14.2. The van der Waals surface area contributed by atoms with Gasteiger partial charge in [0.05, 0.1) is 16.0 Å². The molecule has 0 aliphatic heterocycles. The van der Waals surface area contributed by atoms with Gasteiger partial charge in [-0.25, -0.2) is 14.2 Å². The van der Waals surface area contributed by atoms with Crippen LogP contribution in [0.3, 0.4) is 0 Å². The molecule has 21 heavy (non-hydrogen) atoms. The van der Waals surface area contributed by atoms with Crippen LogP contribution in [0.2, 0.25) is 0 Å². The monoisotopic (exact) mass is 317 g/mol. The minimum absolute atomic E-state index is 0.219. The Hall–Kier alpha value is -2.09. The average Bonchev–Trinajstić information content (AvgIpc) is 2.40. The third-order valence-electron chi connectivity index (χ3n) is 2.46. The van der Waals surface area contributed by atoms with Crippen molar-refractivity contribution in [1.29, 1.82) is 0 Å². The van der Waals surface area contributed by atoms with E-state index in [-0.39, 0.29) is 10.5 Å². The summed E-state index contributed by atoms with van der Waals surface area (Å²) in [7, 11) is 0. The van der Waals surface area contributed by atoms with Crippen LogP contribution >= 0.6 is 11.8 Å². The summed E-state index contributed by atoms with van der Waals surface area (Å²) in [6, 6.07) is 4.84. The normalized spacial score (nSPS) is 11.4. The van der Waals surface area contributed by atoms with Crippen LogP contribution in [0.5, 0.6) is 0 Å². The zero-order chi connectivity index (χ0) is 15.6. The molecule has 2 rings (SSSR count). The van der Waals surface area contributed by atoms with E-state index in [9.17, 15) is 22.4 Å². The lowest BCUT2D eigenvalue weighted by molar-refractivity contribution is -0.140. The molecule has 0 spiro atoms. The Morgan fingerprint density at radius 3 is 2.57 bits per heavy atom. The summed E-state index contributed by atoms with van der Waals surface area (Å²) in [5.41, 5.74) is -1.22. The number of nitrogens with zero attached hydrogens (tertiary/aromatic N) is 1. The Morgan fingerprint density at radius 2 is 1.95 bits per heavy atom. The summed E-state index contributed by atoms with van der Waals surface area (Å²) in [5, 5.41) is 8.38.